The van der Waals surface area contributed by atoms with Gasteiger partial charge in [-0.1, -0.05) is 18.7 Å². The van der Waals surface area contributed by atoms with Crippen LogP contribution in [0, 0.1) is 0 Å². The Morgan fingerprint density at radius 1 is 1.47 bits per heavy atom. The molecule has 0 amide bonds. The van der Waals surface area contributed by atoms with Crippen molar-refractivity contribution in [2.24, 2.45) is 5.84 Å². The lowest BCUT2D eigenvalue weighted by atomic mass is 10.3. The number of hydrogen-bond donors (Lipinski definition) is 4. The van der Waals surface area contributed by atoms with Gasteiger partial charge in [0.2, 0.25) is 5.95 Å². The fourth-order valence-corrected chi connectivity index (χ4v) is 2.20. The summed E-state index contributed by atoms with van der Waals surface area (Å²) < 4.78 is 0. The van der Waals surface area contributed by atoms with Crippen molar-refractivity contribution < 1.29 is 5.11 Å². The normalized spacial score (nSPS) is 14.8. The first-order valence-electron chi connectivity index (χ1n) is 5.14. The highest BCUT2D eigenvalue weighted by Gasteiger charge is 2.16. The van der Waals surface area contributed by atoms with Gasteiger partial charge in [0.15, 0.2) is 5.65 Å². The number of aromatic amines is 1. The predicted molar refractivity (Wildman–Crippen MR) is 66.5 cm³/mol. The highest BCUT2D eigenvalue weighted by molar-refractivity contribution is 8.00. The summed E-state index contributed by atoms with van der Waals surface area (Å²) in [7, 11) is 0. The summed E-state index contributed by atoms with van der Waals surface area (Å²) in [5.74, 6) is 5.62. The molecule has 2 unspecified atom stereocenters. The molecule has 0 aliphatic rings. The summed E-state index contributed by atoms with van der Waals surface area (Å²) in [6, 6.07) is 0. The summed E-state index contributed by atoms with van der Waals surface area (Å²) in [5, 5.41) is 17.8. The van der Waals surface area contributed by atoms with Crippen LogP contribution in [0.15, 0.2) is 11.2 Å². The van der Waals surface area contributed by atoms with Crippen molar-refractivity contribution in [3.8, 4) is 0 Å². The Balaban J connectivity index is 2.40. The number of aliphatic hydroxyl groups is 1. The largest absolute Gasteiger partial charge is 0.392 e. The van der Waals surface area contributed by atoms with Gasteiger partial charge in [0, 0.05) is 5.25 Å². The number of hydrogen-bond acceptors (Lipinski definition) is 7. The minimum Gasteiger partial charge on any atom is -0.392 e. The van der Waals surface area contributed by atoms with E-state index in [0.29, 0.717) is 11.6 Å². The third kappa shape index (κ3) is 2.48. The van der Waals surface area contributed by atoms with E-state index in [0.717, 1.165) is 10.4 Å². The van der Waals surface area contributed by atoms with E-state index in [4.69, 9.17) is 5.84 Å². The van der Waals surface area contributed by atoms with Crippen molar-refractivity contribution in [3.63, 3.8) is 0 Å². The van der Waals surface area contributed by atoms with Gasteiger partial charge in [0.05, 0.1) is 17.7 Å². The van der Waals surface area contributed by atoms with Crippen LogP contribution in [-0.2, 0) is 0 Å². The number of anilines is 1. The summed E-state index contributed by atoms with van der Waals surface area (Å²) in [6.07, 6.45) is 1.23. The van der Waals surface area contributed by atoms with Crippen LogP contribution in [0.25, 0.3) is 11.0 Å². The van der Waals surface area contributed by atoms with Crippen molar-refractivity contribution in [2.45, 2.75) is 30.2 Å². The van der Waals surface area contributed by atoms with Gasteiger partial charge in [0.1, 0.15) is 5.03 Å². The van der Waals surface area contributed by atoms with E-state index in [1.165, 1.54) is 11.8 Å². The van der Waals surface area contributed by atoms with Crippen LogP contribution in [0.4, 0.5) is 5.95 Å². The molecule has 0 aliphatic carbocycles. The van der Waals surface area contributed by atoms with Gasteiger partial charge < -0.3 is 5.11 Å². The van der Waals surface area contributed by atoms with E-state index < -0.39 is 6.10 Å². The summed E-state index contributed by atoms with van der Waals surface area (Å²) in [4.78, 5) is 8.38. The fraction of sp³-hybridized carbons (Fsp3) is 0.444. The number of nitrogens with zero attached hydrogens (tertiary/aromatic N) is 3. The molecule has 2 atom stereocenters. The van der Waals surface area contributed by atoms with Crippen LogP contribution in [-0.4, -0.2) is 36.6 Å². The zero-order chi connectivity index (χ0) is 12.4. The van der Waals surface area contributed by atoms with Gasteiger partial charge in [-0.3, -0.25) is 10.5 Å². The molecule has 2 heterocycles. The monoisotopic (exact) mass is 254 g/mol. The predicted octanol–water partition coefficient (Wildman–Crippen LogP) is 0.500. The first kappa shape index (κ1) is 12.1. The zero-order valence-corrected chi connectivity index (χ0v) is 10.3. The van der Waals surface area contributed by atoms with Gasteiger partial charge in [-0.05, 0) is 6.92 Å². The Morgan fingerprint density at radius 3 is 2.88 bits per heavy atom. The Bertz CT molecular complexity index is 513. The molecule has 0 fully saturated rings. The molecule has 2 aromatic heterocycles. The molecule has 5 N–H and O–H groups in total. The molecule has 0 aromatic carbocycles. The van der Waals surface area contributed by atoms with Gasteiger partial charge in [0.25, 0.3) is 0 Å². The van der Waals surface area contributed by atoms with Crippen molar-refractivity contribution in [1.82, 2.24) is 20.2 Å². The molecule has 2 aromatic rings. The highest BCUT2D eigenvalue weighted by atomic mass is 32.2. The number of fused-ring (bicyclic) bond motifs is 1. The van der Waals surface area contributed by atoms with Crippen LogP contribution in [0.1, 0.15) is 13.8 Å². The average Bonchev–Trinajstić information content (AvgIpc) is 2.76. The molecule has 8 heteroatoms. The molecule has 7 nitrogen and oxygen atoms in total. The number of thioether (sulfide) groups is 1. The van der Waals surface area contributed by atoms with E-state index in [1.54, 1.807) is 13.1 Å². The number of nitrogens with one attached hydrogen (secondary N) is 2. The quantitative estimate of drug-likeness (QED) is 0.272. The van der Waals surface area contributed by atoms with Crippen LogP contribution in [0.2, 0.25) is 0 Å². The Labute approximate surface area is 102 Å². The molecule has 0 radical (unpaired) electrons. The maximum absolute atomic E-state index is 9.50. The van der Waals surface area contributed by atoms with Crippen molar-refractivity contribution in [1.29, 1.82) is 0 Å². The fourth-order valence-electron chi connectivity index (χ4n) is 1.24. The Kier molecular flexibility index (Phi) is 3.46. The molecular weight excluding hydrogens is 240 g/mol. The van der Waals surface area contributed by atoms with Gasteiger partial charge in [-0.25, -0.2) is 10.8 Å². The Hall–Kier alpha value is -1.38. The topological polar surface area (TPSA) is 113 Å². The zero-order valence-electron chi connectivity index (χ0n) is 9.51. The molecule has 92 valence electrons. The molecular formula is C9H14N6OS. The second-order valence-electron chi connectivity index (χ2n) is 3.69. The van der Waals surface area contributed by atoms with Gasteiger partial charge >= 0.3 is 0 Å². The first-order valence-corrected chi connectivity index (χ1v) is 6.02. The minimum absolute atomic E-state index is 0.0219. The van der Waals surface area contributed by atoms with Crippen molar-refractivity contribution in [2.75, 3.05) is 5.43 Å². The van der Waals surface area contributed by atoms with Crippen LogP contribution >= 0.6 is 11.8 Å². The van der Waals surface area contributed by atoms with E-state index in [1.807, 2.05) is 6.92 Å². The number of H-pyrrole nitrogens is 1. The molecule has 0 bridgehead atoms. The number of nitrogen functional groups attached to an aromatic ring is 1. The van der Waals surface area contributed by atoms with E-state index >= 15 is 0 Å². The number of aromatic nitrogens is 4. The lowest BCUT2D eigenvalue weighted by Gasteiger charge is -2.14. The summed E-state index contributed by atoms with van der Waals surface area (Å²) in [6.45, 7) is 3.67. The molecule has 17 heavy (non-hydrogen) atoms. The standard InChI is InChI=1S/C9H14N6OS/c1-4(16)5(2)17-8-6-3-11-15-7(6)12-9(13-8)14-10/h3-5,16H,10H2,1-2H3,(H2,11,12,13,14,15). The average molecular weight is 254 g/mol. The lowest BCUT2D eigenvalue weighted by molar-refractivity contribution is 0.196. The summed E-state index contributed by atoms with van der Waals surface area (Å²) >= 11 is 1.46. The molecule has 0 saturated carbocycles. The highest BCUT2D eigenvalue weighted by Crippen LogP contribution is 2.29. The molecule has 0 saturated heterocycles. The number of hydrazine groups is 1. The van der Waals surface area contributed by atoms with Gasteiger partial charge in [-0.2, -0.15) is 10.1 Å². The smallest absolute Gasteiger partial charge is 0.240 e. The summed E-state index contributed by atoms with van der Waals surface area (Å²) in [5.41, 5.74) is 3.02. The maximum Gasteiger partial charge on any atom is 0.240 e. The number of aliphatic hydroxyl groups excluding tert-OH is 1. The Morgan fingerprint density at radius 2 is 2.24 bits per heavy atom. The van der Waals surface area contributed by atoms with Crippen molar-refractivity contribution >= 4 is 28.7 Å². The third-order valence-corrected chi connectivity index (χ3v) is 3.68. The number of nitrogens with two attached hydrogens (primary N) is 1. The minimum atomic E-state index is -0.425. The van der Waals surface area contributed by atoms with E-state index in [-0.39, 0.29) is 5.25 Å². The van der Waals surface area contributed by atoms with E-state index in [2.05, 4.69) is 25.6 Å². The molecule has 0 aliphatic heterocycles. The molecule has 0 spiro atoms. The second kappa shape index (κ2) is 4.86. The van der Waals surface area contributed by atoms with Crippen molar-refractivity contribution in [3.05, 3.63) is 6.20 Å². The third-order valence-electron chi connectivity index (χ3n) is 2.38. The second-order valence-corrected chi connectivity index (χ2v) is 5.06. The maximum atomic E-state index is 9.50. The van der Waals surface area contributed by atoms with Gasteiger partial charge in [-0.15, -0.1) is 0 Å². The lowest BCUT2D eigenvalue weighted by Crippen LogP contribution is -2.16. The number of rotatable bonds is 4. The van der Waals surface area contributed by atoms with Crippen LogP contribution in [0.3, 0.4) is 0 Å². The first-order chi connectivity index (χ1) is 8.11. The molecule has 2 rings (SSSR count). The SMILES string of the molecule is CC(O)C(C)Sc1nc(NN)nc2[nH]ncc12. The van der Waals surface area contributed by atoms with Crippen LogP contribution < -0.4 is 11.3 Å². The van der Waals surface area contributed by atoms with Crippen LogP contribution in [0.5, 0.6) is 0 Å². The van der Waals surface area contributed by atoms with E-state index in [9.17, 15) is 5.11 Å².